The van der Waals surface area contributed by atoms with E-state index in [0.29, 0.717) is 12.8 Å². The van der Waals surface area contributed by atoms with Crippen LogP contribution in [0.15, 0.2) is 66.7 Å². The molecular formula is C18H20O2. The molecule has 0 aromatic heterocycles. The molecule has 0 bridgehead atoms. The van der Waals surface area contributed by atoms with Crippen LogP contribution in [0.4, 0.5) is 0 Å². The van der Waals surface area contributed by atoms with Crippen molar-refractivity contribution in [1.82, 2.24) is 0 Å². The quantitative estimate of drug-likeness (QED) is 0.840. The molecule has 104 valence electrons. The molecule has 2 aromatic rings. The van der Waals surface area contributed by atoms with Crippen LogP contribution in [0.25, 0.3) is 6.08 Å². The van der Waals surface area contributed by atoms with Crippen LogP contribution in [0, 0.1) is 0 Å². The monoisotopic (exact) mass is 268 g/mol. The van der Waals surface area contributed by atoms with Crippen molar-refractivity contribution in [3.8, 4) is 0 Å². The summed E-state index contributed by atoms with van der Waals surface area (Å²) in [5, 5.41) is 20.0. The van der Waals surface area contributed by atoms with Crippen LogP contribution in [0.3, 0.4) is 0 Å². The number of aliphatic hydroxyl groups is 2. The number of hydrogen-bond acceptors (Lipinski definition) is 2. The highest BCUT2D eigenvalue weighted by atomic mass is 16.3. The van der Waals surface area contributed by atoms with Crippen molar-refractivity contribution in [2.75, 3.05) is 0 Å². The Bertz CT molecular complexity index is 520. The maximum absolute atomic E-state index is 10.0. The molecule has 20 heavy (non-hydrogen) atoms. The summed E-state index contributed by atoms with van der Waals surface area (Å²) in [6.07, 6.45) is 3.67. The van der Waals surface area contributed by atoms with Crippen LogP contribution in [0.5, 0.6) is 0 Å². The molecule has 2 aromatic carbocycles. The summed E-state index contributed by atoms with van der Waals surface area (Å²) in [7, 11) is 0. The van der Waals surface area contributed by atoms with E-state index >= 15 is 0 Å². The molecule has 0 radical (unpaired) electrons. The Balaban J connectivity index is 1.81. The molecule has 0 fully saturated rings. The molecule has 2 nitrogen and oxygen atoms in total. The molecule has 0 amide bonds. The zero-order valence-corrected chi connectivity index (χ0v) is 11.4. The van der Waals surface area contributed by atoms with Crippen LogP contribution >= 0.6 is 0 Å². The fourth-order valence-corrected chi connectivity index (χ4v) is 2.09. The lowest BCUT2D eigenvalue weighted by Crippen LogP contribution is -2.11. The third-order valence-corrected chi connectivity index (χ3v) is 3.20. The van der Waals surface area contributed by atoms with Crippen molar-refractivity contribution < 1.29 is 10.2 Å². The number of rotatable bonds is 6. The van der Waals surface area contributed by atoms with Crippen LogP contribution < -0.4 is 0 Å². The van der Waals surface area contributed by atoms with Crippen molar-refractivity contribution in [2.24, 2.45) is 0 Å². The minimum atomic E-state index is -0.615. The Hall–Kier alpha value is -1.90. The van der Waals surface area contributed by atoms with Gasteiger partial charge in [-0.3, -0.25) is 0 Å². The maximum atomic E-state index is 10.0. The fraction of sp³-hybridized carbons (Fsp3) is 0.222. The van der Waals surface area contributed by atoms with Gasteiger partial charge in [0.05, 0.1) is 12.2 Å². The predicted molar refractivity (Wildman–Crippen MR) is 82.1 cm³/mol. The average Bonchev–Trinajstić information content (AvgIpc) is 2.49. The van der Waals surface area contributed by atoms with E-state index in [1.54, 1.807) is 0 Å². The maximum Gasteiger partial charge on any atom is 0.0814 e. The second-order valence-corrected chi connectivity index (χ2v) is 4.86. The van der Waals surface area contributed by atoms with Crippen LogP contribution in [0.1, 0.15) is 30.1 Å². The van der Waals surface area contributed by atoms with E-state index in [0.717, 1.165) is 11.1 Å². The van der Waals surface area contributed by atoms with E-state index < -0.39 is 12.2 Å². The second-order valence-electron chi connectivity index (χ2n) is 4.86. The van der Waals surface area contributed by atoms with E-state index in [1.165, 1.54) is 0 Å². The first-order chi connectivity index (χ1) is 9.75. The minimum absolute atomic E-state index is 0.350. The van der Waals surface area contributed by atoms with Gasteiger partial charge < -0.3 is 10.2 Å². The SMILES string of the molecule is OC(CC=Cc1ccccc1)CC(O)c1ccccc1. The van der Waals surface area contributed by atoms with Crippen molar-refractivity contribution in [3.63, 3.8) is 0 Å². The third-order valence-electron chi connectivity index (χ3n) is 3.20. The molecule has 0 saturated heterocycles. The van der Waals surface area contributed by atoms with Crippen molar-refractivity contribution >= 4 is 6.08 Å². The van der Waals surface area contributed by atoms with Crippen LogP contribution in [-0.2, 0) is 0 Å². The summed E-state index contributed by atoms with van der Waals surface area (Å²) < 4.78 is 0. The Morgan fingerprint density at radius 2 is 1.45 bits per heavy atom. The van der Waals surface area contributed by atoms with Crippen LogP contribution in [0.2, 0.25) is 0 Å². The molecule has 0 heterocycles. The lowest BCUT2D eigenvalue weighted by atomic mass is 10.0. The topological polar surface area (TPSA) is 40.5 Å². The zero-order chi connectivity index (χ0) is 14.2. The van der Waals surface area contributed by atoms with Gasteiger partial charge >= 0.3 is 0 Å². The molecule has 2 heteroatoms. The van der Waals surface area contributed by atoms with Gasteiger partial charge in [0, 0.05) is 6.42 Å². The Morgan fingerprint density at radius 3 is 2.10 bits per heavy atom. The Morgan fingerprint density at radius 1 is 0.850 bits per heavy atom. The first kappa shape index (κ1) is 14.5. The summed E-state index contributed by atoms with van der Waals surface area (Å²) >= 11 is 0. The molecular weight excluding hydrogens is 248 g/mol. The average molecular weight is 268 g/mol. The fourth-order valence-electron chi connectivity index (χ4n) is 2.09. The molecule has 2 unspecified atom stereocenters. The van der Waals surface area contributed by atoms with Gasteiger partial charge in [-0.15, -0.1) is 0 Å². The predicted octanol–water partition coefficient (Wildman–Crippen LogP) is 3.57. The number of benzene rings is 2. The smallest absolute Gasteiger partial charge is 0.0814 e. The summed E-state index contributed by atoms with van der Waals surface area (Å²) in [6.45, 7) is 0. The van der Waals surface area contributed by atoms with Gasteiger partial charge in [0.1, 0.15) is 0 Å². The molecule has 0 aliphatic rings. The second kappa shape index (κ2) is 7.63. The first-order valence-electron chi connectivity index (χ1n) is 6.88. The molecule has 0 aliphatic carbocycles. The van der Waals surface area contributed by atoms with Crippen LogP contribution in [-0.4, -0.2) is 16.3 Å². The van der Waals surface area contributed by atoms with Gasteiger partial charge in [-0.1, -0.05) is 72.8 Å². The highest BCUT2D eigenvalue weighted by molar-refractivity contribution is 5.48. The van der Waals surface area contributed by atoms with E-state index in [2.05, 4.69) is 0 Å². The summed E-state index contributed by atoms with van der Waals surface area (Å²) in [5.74, 6) is 0. The molecule has 0 spiro atoms. The Kier molecular flexibility index (Phi) is 5.54. The molecule has 2 N–H and O–H groups in total. The number of hydrogen-bond donors (Lipinski definition) is 2. The first-order valence-corrected chi connectivity index (χ1v) is 6.88. The standard InChI is InChI=1S/C18H20O2/c19-17(13-7-10-15-8-3-1-4-9-15)14-18(20)16-11-5-2-6-12-16/h1-12,17-20H,13-14H2. The van der Waals surface area contributed by atoms with Gasteiger partial charge in [-0.05, 0) is 17.5 Å². The Labute approximate surface area is 120 Å². The van der Waals surface area contributed by atoms with E-state index in [1.807, 2.05) is 72.8 Å². The highest BCUT2D eigenvalue weighted by Gasteiger charge is 2.12. The number of aliphatic hydroxyl groups excluding tert-OH is 2. The lowest BCUT2D eigenvalue weighted by Gasteiger charge is -2.14. The summed E-state index contributed by atoms with van der Waals surface area (Å²) in [5.41, 5.74) is 1.96. The summed E-state index contributed by atoms with van der Waals surface area (Å²) in [6, 6.07) is 19.4. The molecule has 2 atom stereocenters. The third kappa shape index (κ3) is 4.65. The van der Waals surface area contributed by atoms with Crippen molar-refractivity contribution in [1.29, 1.82) is 0 Å². The molecule has 2 rings (SSSR count). The minimum Gasteiger partial charge on any atom is -0.393 e. The molecule has 0 saturated carbocycles. The van der Waals surface area contributed by atoms with Gasteiger partial charge in [-0.2, -0.15) is 0 Å². The zero-order valence-electron chi connectivity index (χ0n) is 11.4. The lowest BCUT2D eigenvalue weighted by molar-refractivity contribution is 0.0823. The van der Waals surface area contributed by atoms with Crippen molar-refractivity contribution in [3.05, 3.63) is 77.9 Å². The van der Waals surface area contributed by atoms with Gasteiger partial charge in [0.15, 0.2) is 0 Å². The van der Waals surface area contributed by atoms with Gasteiger partial charge in [0.2, 0.25) is 0 Å². The highest BCUT2D eigenvalue weighted by Crippen LogP contribution is 2.19. The summed E-state index contributed by atoms with van der Waals surface area (Å²) in [4.78, 5) is 0. The van der Waals surface area contributed by atoms with Crippen molar-refractivity contribution in [2.45, 2.75) is 25.0 Å². The van der Waals surface area contributed by atoms with E-state index in [-0.39, 0.29) is 0 Å². The van der Waals surface area contributed by atoms with Gasteiger partial charge in [0.25, 0.3) is 0 Å². The molecule has 0 aliphatic heterocycles. The van der Waals surface area contributed by atoms with E-state index in [4.69, 9.17) is 0 Å². The van der Waals surface area contributed by atoms with E-state index in [9.17, 15) is 10.2 Å². The largest absolute Gasteiger partial charge is 0.393 e. The normalized spacial score (nSPS) is 14.3. The van der Waals surface area contributed by atoms with Gasteiger partial charge in [-0.25, -0.2) is 0 Å².